The summed E-state index contributed by atoms with van der Waals surface area (Å²) in [7, 11) is 0. The summed E-state index contributed by atoms with van der Waals surface area (Å²) in [6.45, 7) is 0.789. The van der Waals surface area contributed by atoms with E-state index in [-0.39, 0.29) is 0 Å². The van der Waals surface area contributed by atoms with E-state index in [1.165, 1.54) is 4.88 Å². The monoisotopic (exact) mass is 379 g/mol. The Hall–Kier alpha value is -0.0300. The van der Waals surface area contributed by atoms with E-state index in [4.69, 9.17) is 11.6 Å². The molecule has 16 heavy (non-hydrogen) atoms. The summed E-state index contributed by atoms with van der Waals surface area (Å²) in [5, 5.41) is 3.34. The standard InChI is InChI=1S/C11H8Br2ClNS/c12-7-1-3-8(4-2-7)15-6-9-5-10(13)11(14)16-9/h1-5,15H,6H2. The van der Waals surface area contributed by atoms with Gasteiger partial charge in [0.05, 0.1) is 0 Å². The first kappa shape index (κ1) is 12.4. The first-order valence-corrected chi connectivity index (χ1v) is 7.36. The molecule has 0 aliphatic heterocycles. The minimum Gasteiger partial charge on any atom is -0.380 e. The van der Waals surface area contributed by atoms with Crippen molar-refractivity contribution in [2.45, 2.75) is 6.54 Å². The molecular formula is C11H8Br2ClNS. The van der Waals surface area contributed by atoms with Crippen molar-refractivity contribution in [2.75, 3.05) is 5.32 Å². The number of hydrogen-bond acceptors (Lipinski definition) is 2. The molecule has 0 bridgehead atoms. The van der Waals surface area contributed by atoms with E-state index in [0.29, 0.717) is 0 Å². The Balaban J connectivity index is 1.99. The molecular weight excluding hydrogens is 373 g/mol. The molecule has 1 nitrogen and oxygen atoms in total. The highest BCUT2D eigenvalue weighted by atomic mass is 79.9. The molecule has 1 aromatic heterocycles. The molecule has 1 N–H and O–H groups in total. The number of rotatable bonds is 3. The van der Waals surface area contributed by atoms with Crippen molar-refractivity contribution in [1.82, 2.24) is 0 Å². The van der Waals surface area contributed by atoms with Crippen molar-refractivity contribution in [1.29, 1.82) is 0 Å². The van der Waals surface area contributed by atoms with Crippen LogP contribution in [0.2, 0.25) is 4.34 Å². The molecule has 2 aromatic rings. The van der Waals surface area contributed by atoms with Gasteiger partial charge in [-0.05, 0) is 46.3 Å². The highest BCUT2D eigenvalue weighted by Crippen LogP contribution is 2.32. The van der Waals surface area contributed by atoms with Crippen LogP contribution in [0.5, 0.6) is 0 Å². The fraction of sp³-hybridized carbons (Fsp3) is 0.0909. The lowest BCUT2D eigenvalue weighted by Gasteiger charge is -2.04. The van der Waals surface area contributed by atoms with Gasteiger partial charge in [0.1, 0.15) is 4.34 Å². The van der Waals surface area contributed by atoms with E-state index in [9.17, 15) is 0 Å². The zero-order valence-corrected chi connectivity index (χ0v) is 12.9. The molecule has 0 saturated heterocycles. The number of anilines is 1. The van der Waals surface area contributed by atoms with Gasteiger partial charge in [-0.1, -0.05) is 27.5 Å². The van der Waals surface area contributed by atoms with Crippen molar-refractivity contribution in [3.63, 3.8) is 0 Å². The predicted molar refractivity (Wildman–Crippen MR) is 78.5 cm³/mol. The molecule has 2 rings (SSSR count). The van der Waals surface area contributed by atoms with Crippen LogP contribution in [0.3, 0.4) is 0 Å². The van der Waals surface area contributed by atoms with Crippen molar-refractivity contribution >= 4 is 60.5 Å². The van der Waals surface area contributed by atoms with Crippen molar-refractivity contribution in [3.05, 3.63) is 48.5 Å². The van der Waals surface area contributed by atoms with Crippen LogP contribution in [0.1, 0.15) is 4.88 Å². The Bertz CT molecular complexity index is 462. The Morgan fingerprint density at radius 2 is 1.88 bits per heavy atom. The normalized spacial score (nSPS) is 10.4. The zero-order valence-electron chi connectivity index (χ0n) is 8.14. The number of benzene rings is 1. The van der Waals surface area contributed by atoms with Crippen LogP contribution in [-0.2, 0) is 6.54 Å². The quantitative estimate of drug-likeness (QED) is 0.736. The molecule has 0 atom stereocenters. The summed E-state index contributed by atoms with van der Waals surface area (Å²) < 4.78 is 2.85. The fourth-order valence-corrected chi connectivity index (χ4v) is 3.23. The Kier molecular flexibility index (Phi) is 4.30. The molecule has 0 unspecified atom stereocenters. The summed E-state index contributed by atoms with van der Waals surface area (Å²) in [5.74, 6) is 0. The van der Waals surface area contributed by atoms with Crippen LogP contribution in [-0.4, -0.2) is 0 Å². The molecule has 0 fully saturated rings. The van der Waals surface area contributed by atoms with Crippen molar-refractivity contribution in [3.8, 4) is 0 Å². The maximum Gasteiger partial charge on any atom is 0.107 e. The highest BCUT2D eigenvalue weighted by Gasteiger charge is 2.03. The molecule has 0 radical (unpaired) electrons. The fourth-order valence-electron chi connectivity index (χ4n) is 1.24. The van der Waals surface area contributed by atoms with E-state index in [2.05, 4.69) is 37.2 Å². The largest absolute Gasteiger partial charge is 0.380 e. The summed E-state index contributed by atoms with van der Waals surface area (Å²) in [6.07, 6.45) is 0. The molecule has 0 aliphatic rings. The van der Waals surface area contributed by atoms with E-state index >= 15 is 0 Å². The predicted octanol–water partition coefficient (Wildman–Crippen LogP) is 5.54. The number of halogens is 3. The number of thiophene rings is 1. The average Bonchev–Trinajstić information content (AvgIpc) is 2.58. The molecule has 0 aliphatic carbocycles. The maximum atomic E-state index is 5.97. The summed E-state index contributed by atoms with van der Waals surface area (Å²) in [5.41, 5.74) is 1.10. The zero-order chi connectivity index (χ0) is 11.5. The lowest BCUT2D eigenvalue weighted by Crippen LogP contribution is -1.96. The van der Waals surface area contributed by atoms with Gasteiger partial charge in [-0.15, -0.1) is 11.3 Å². The third-order valence-electron chi connectivity index (χ3n) is 2.01. The Morgan fingerprint density at radius 3 is 2.44 bits per heavy atom. The van der Waals surface area contributed by atoms with E-state index < -0.39 is 0 Å². The molecule has 5 heteroatoms. The second kappa shape index (κ2) is 5.54. The van der Waals surface area contributed by atoms with E-state index in [0.717, 1.165) is 25.5 Å². The summed E-state index contributed by atoms with van der Waals surface area (Å²) in [6, 6.07) is 10.1. The van der Waals surface area contributed by atoms with Gasteiger partial charge in [0, 0.05) is 26.1 Å². The second-order valence-corrected chi connectivity index (χ2v) is 6.70. The van der Waals surface area contributed by atoms with Crippen LogP contribution in [0.15, 0.2) is 39.3 Å². The Morgan fingerprint density at radius 1 is 1.19 bits per heavy atom. The van der Waals surface area contributed by atoms with Gasteiger partial charge < -0.3 is 5.32 Å². The maximum absolute atomic E-state index is 5.97. The molecule has 1 aromatic carbocycles. The minimum absolute atomic E-state index is 0.789. The van der Waals surface area contributed by atoms with Gasteiger partial charge in [-0.25, -0.2) is 0 Å². The van der Waals surface area contributed by atoms with Gasteiger partial charge in [-0.2, -0.15) is 0 Å². The van der Waals surface area contributed by atoms with Gasteiger partial charge >= 0.3 is 0 Å². The Labute approximate surface area is 120 Å². The third-order valence-corrected chi connectivity index (χ3v) is 5.01. The minimum atomic E-state index is 0.789. The summed E-state index contributed by atoms with van der Waals surface area (Å²) >= 11 is 14.4. The second-order valence-electron chi connectivity index (χ2n) is 3.19. The average molecular weight is 382 g/mol. The van der Waals surface area contributed by atoms with Gasteiger partial charge in [0.25, 0.3) is 0 Å². The lowest BCUT2D eigenvalue weighted by molar-refractivity contribution is 1.19. The number of nitrogens with one attached hydrogen (secondary N) is 1. The van der Waals surface area contributed by atoms with Crippen LogP contribution in [0.25, 0.3) is 0 Å². The van der Waals surface area contributed by atoms with Crippen LogP contribution in [0, 0.1) is 0 Å². The van der Waals surface area contributed by atoms with Crippen molar-refractivity contribution < 1.29 is 0 Å². The highest BCUT2D eigenvalue weighted by molar-refractivity contribution is 9.10. The molecule has 0 amide bonds. The smallest absolute Gasteiger partial charge is 0.107 e. The SMILES string of the molecule is Clc1sc(CNc2ccc(Br)cc2)cc1Br. The topological polar surface area (TPSA) is 12.0 Å². The van der Waals surface area contributed by atoms with Crippen LogP contribution >= 0.6 is 54.8 Å². The van der Waals surface area contributed by atoms with Gasteiger partial charge in [-0.3, -0.25) is 0 Å². The first-order valence-electron chi connectivity index (χ1n) is 4.58. The lowest BCUT2D eigenvalue weighted by atomic mass is 10.3. The molecule has 0 spiro atoms. The van der Waals surface area contributed by atoms with Crippen LogP contribution in [0.4, 0.5) is 5.69 Å². The third kappa shape index (κ3) is 3.23. The van der Waals surface area contributed by atoms with Gasteiger partial charge in [0.15, 0.2) is 0 Å². The summed E-state index contributed by atoms with van der Waals surface area (Å²) in [4.78, 5) is 1.21. The van der Waals surface area contributed by atoms with Crippen molar-refractivity contribution in [2.24, 2.45) is 0 Å². The van der Waals surface area contributed by atoms with E-state index in [1.54, 1.807) is 11.3 Å². The van der Waals surface area contributed by atoms with E-state index in [1.807, 2.05) is 30.3 Å². The van der Waals surface area contributed by atoms with Gasteiger partial charge in [0.2, 0.25) is 0 Å². The van der Waals surface area contributed by atoms with Crippen LogP contribution < -0.4 is 5.32 Å². The number of hydrogen-bond donors (Lipinski definition) is 1. The molecule has 0 saturated carbocycles. The molecule has 84 valence electrons. The molecule has 1 heterocycles. The first-order chi connectivity index (χ1) is 7.65.